The first-order valence-corrected chi connectivity index (χ1v) is 11.5. The quantitative estimate of drug-likeness (QED) is 0.532. The number of thioether (sulfide) groups is 1. The van der Waals surface area contributed by atoms with Crippen molar-refractivity contribution in [2.75, 3.05) is 18.0 Å². The summed E-state index contributed by atoms with van der Waals surface area (Å²) in [6.07, 6.45) is 5.61. The largest absolute Gasteiger partial charge is 0.356 e. The average molecular weight is 443 g/mol. The molecule has 0 aromatic carbocycles. The molecule has 2 aromatic rings. The van der Waals surface area contributed by atoms with Gasteiger partial charge in [0.05, 0.1) is 10.5 Å². The van der Waals surface area contributed by atoms with Crippen LogP contribution in [0.3, 0.4) is 0 Å². The maximum absolute atomic E-state index is 13.5. The van der Waals surface area contributed by atoms with E-state index in [2.05, 4.69) is 11.8 Å². The number of piperidine rings is 1. The van der Waals surface area contributed by atoms with E-state index in [-0.39, 0.29) is 17.5 Å². The molecule has 8 heteroatoms. The zero-order chi connectivity index (χ0) is 21.6. The van der Waals surface area contributed by atoms with Gasteiger partial charge in [-0.3, -0.25) is 18.9 Å². The molecular weight excluding hydrogens is 416 g/mol. The van der Waals surface area contributed by atoms with Crippen molar-refractivity contribution in [2.45, 2.75) is 46.6 Å². The highest BCUT2D eigenvalue weighted by molar-refractivity contribution is 8.26. The Morgan fingerprint density at radius 1 is 1.23 bits per heavy atom. The molecule has 4 rings (SSSR count). The zero-order valence-electron chi connectivity index (χ0n) is 17.7. The van der Waals surface area contributed by atoms with Crippen LogP contribution in [0.5, 0.6) is 0 Å². The van der Waals surface area contributed by atoms with Crippen LogP contribution in [0.2, 0.25) is 0 Å². The number of carbonyl (C=O) groups is 1. The monoisotopic (exact) mass is 442 g/mol. The highest BCUT2D eigenvalue weighted by atomic mass is 32.2. The molecule has 1 amide bonds. The molecule has 158 valence electrons. The summed E-state index contributed by atoms with van der Waals surface area (Å²) in [6.45, 7) is 9.76. The maximum Gasteiger partial charge on any atom is 0.267 e. The third kappa shape index (κ3) is 3.78. The predicted molar refractivity (Wildman–Crippen MR) is 127 cm³/mol. The lowest BCUT2D eigenvalue weighted by atomic mass is 9.99. The second-order valence-electron chi connectivity index (χ2n) is 8.40. The molecule has 4 heterocycles. The zero-order valence-corrected chi connectivity index (χ0v) is 19.3. The average Bonchev–Trinajstić information content (AvgIpc) is 2.98. The molecule has 2 saturated heterocycles. The van der Waals surface area contributed by atoms with Crippen LogP contribution in [0.4, 0.5) is 5.82 Å². The normalized spacial score (nSPS) is 19.7. The van der Waals surface area contributed by atoms with Gasteiger partial charge >= 0.3 is 0 Å². The summed E-state index contributed by atoms with van der Waals surface area (Å²) >= 11 is 6.66. The van der Waals surface area contributed by atoms with Crippen molar-refractivity contribution in [1.82, 2.24) is 14.3 Å². The van der Waals surface area contributed by atoms with Crippen LogP contribution in [-0.2, 0) is 4.79 Å². The third-order valence-electron chi connectivity index (χ3n) is 5.68. The molecule has 2 fully saturated rings. The Balaban J connectivity index is 1.88. The van der Waals surface area contributed by atoms with Gasteiger partial charge in [-0.1, -0.05) is 37.0 Å². The van der Waals surface area contributed by atoms with E-state index < -0.39 is 0 Å². The fourth-order valence-electron chi connectivity index (χ4n) is 3.89. The molecule has 0 N–H and O–H groups in total. The second kappa shape index (κ2) is 8.15. The van der Waals surface area contributed by atoms with E-state index in [1.54, 1.807) is 21.6 Å². The van der Waals surface area contributed by atoms with Gasteiger partial charge in [0.25, 0.3) is 11.5 Å². The SMILES string of the molecule is Cc1ccc2nc(N3CCC(C)CC3)c(C=C3SC(=S)N(C(C)C)C3=O)c(=O)n2c1. The minimum Gasteiger partial charge on any atom is -0.356 e. The summed E-state index contributed by atoms with van der Waals surface area (Å²) in [5.41, 5.74) is 1.89. The second-order valence-corrected chi connectivity index (χ2v) is 10.1. The predicted octanol–water partition coefficient (Wildman–Crippen LogP) is 3.85. The van der Waals surface area contributed by atoms with Gasteiger partial charge in [0.15, 0.2) is 0 Å². The van der Waals surface area contributed by atoms with Crippen LogP contribution in [-0.4, -0.2) is 43.6 Å². The Morgan fingerprint density at radius 3 is 2.57 bits per heavy atom. The summed E-state index contributed by atoms with van der Waals surface area (Å²) < 4.78 is 2.10. The molecule has 2 aliphatic rings. The van der Waals surface area contributed by atoms with Crippen molar-refractivity contribution >= 4 is 51.7 Å². The summed E-state index contributed by atoms with van der Waals surface area (Å²) in [6, 6.07) is 3.80. The highest BCUT2D eigenvalue weighted by Gasteiger charge is 2.34. The number of carbonyl (C=O) groups excluding carboxylic acids is 1. The van der Waals surface area contributed by atoms with Crippen molar-refractivity contribution in [3.8, 4) is 0 Å². The first-order chi connectivity index (χ1) is 14.3. The number of fused-ring (bicyclic) bond motifs is 1. The molecular formula is C22H26N4O2S2. The topological polar surface area (TPSA) is 57.9 Å². The van der Waals surface area contributed by atoms with Gasteiger partial charge in [0.2, 0.25) is 0 Å². The van der Waals surface area contributed by atoms with Gasteiger partial charge < -0.3 is 4.90 Å². The van der Waals surface area contributed by atoms with Crippen molar-refractivity contribution < 1.29 is 4.79 Å². The van der Waals surface area contributed by atoms with E-state index in [0.29, 0.717) is 32.2 Å². The summed E-state index contributed by atoms with van der Waals surface area (Å²) in [7, 11) is 0. The molecule has 0 unspecified atom stereocenters. The van der Waals surface area contributed by atoms with Gasteiger partial charge in [0, 0.05) is 25.3 Å². The smallest absolute Gasteiger partial charge is 0.267 e. The Kier molecular flexibility index (Phi) is 5.72. The van der Waals surface area contributed by atoms with Crippen molar-refractivity contribution in [1.29, 1.82) is 0 Å². The van der Waals surface area contributed by atoms with Crippen LogP contribution in [0, 0.1) is 12.8 Å². The third-order valence-corrected chi connectivity index (χ3v) is 7.01. The molecule has 0 radical (unpaired) electrons. The standard InChI is InChI=1S/C22H26N4O2S2/c1-13(2)26-21(28)17(30-22(26)29)11-16-19(24-9-7-14(3)8-10-24)23-18-6-5-15(4)12-25(18)20(16)27/h5-6,11-14H,7-10H2,1-4H3. The number of hydrogen-bond donors (Lipinski definition) is 0. The van der Waals surface area contributed by atoms with Crippen molar-refractivity contribution in [3.63, 3.8) is 0 Å². The minimum absolute atomic E-state index is 0.0232. The Morgan fingerprint density at radius 2 is 1.93 bits per heavy atom. The van der Waals surface area contributed by atoms with Crippen LogP contribution < -0.4 is 10.5 Å². The summed E-state index contributed by atoms with van der Waals surface area (Å²) in [5, 5.41) is 0. The lowest BCUT2D eigenvalue weighted by Crippen LogP contribution is -2.36. The summed E-state index contributed by atoms with van der Waals surface area (Å²) in [4.78, 5) is 35.5. The minimum atomic E-state index is -0.160. The van der Waals surface area contributed by atoms with Gasteiger partial charge in [0.1, 0.15) is 15.8 Å². The highest BCUT2D eigenvalue weighted by Crippen LogP contribution is 2.35. The molecule has 6 nitrogen and oxygen atoms in total. The fraction of sp³-hybridized carbons (Fsp3) is 0.455. The number of pyridine rings is 1. The van der Waals surface area contributed by atoms with E-state index in [1.165, 1.54) is 11.8 Å². The number of anilines is 1. The number of thiocarbonyl (C=S) groups is 1. The molecule has 2 aliphatic heterocycles. The van der Waals surface area contributed by atoms with Crippen molar-refractivity contribution in [3.05, 3.63) is 44.7 Å². The van der Waals surface area contributed by atoms with E-state index in [4.69, 9.17) is 17.2 Å². The van der Waals surface area contributed by atoms with Crippen molar-refractivity contribution in [2.24, 2.45) is 5.92 Å². The van der Waals surface area contributed by atoms with E-state index in [9.17, 15) is 9.59 Å². The van der Waals surface area contributed by atoms with Gasteiger partial charge in [-0.25, -0.2) is 4.98 Å². The van der Waals surface area contributed by atoms with Crippen LogP contribution in [0.15, 0.2) is 28.0 Å². The van der Waals surface area contributed by atoms with Gasteiger partial charge in [-0.15, -0.1) is 0 Å². The first kappa shape index (κ1) is 21.1. The number of amides is 1. The number of aromatic nitrogens is 2. The Bertz CT molecular complexity index is 1110. The molecule has 0 spiro atoms. The molecule has 0 atom stereocenters. The van der Waals surface area contributed by atoms with Crippen LogP contribution in [0.25, 0.3) is 11.7 Å². The maximum atomic E-state index is 13.5. The van der Waals surface area contributed by atoms with E-state index in [1.807, 2.05) is 32.9 Å². The number of hydrogen-bond acceptors (Lipinski definition) is 6. The molecule has 0 aliphatic carbocycles. The van der Waals surface area contributed by atoms with E-state index in [0.717, 1.165) is 31.5 Å². The fourth-order valence-corrected chi connectivity index (χ4v) is 5.40. The lowest BCUT2D eigenvalue weighted by molar-refractivity contribution is -0.123. The molecule has 30 heavy (non-hydrogen) atoms. The molecule has 0 bridgehead atoms. The first-order valence-electron chi connectivity index (χ1n) is 10.3. The van der Waals surface area contributed by atoms with Crippen LogP contribution >= 0.6 is 24.0 Å². The lowest BCUT2D eigenvalue weighted by Gasteiger charge is -2.32. The number of aryl methyl sites for hydroxylation is 1. The van der Waals surface area contributed by atoms with Gasteiger partial charge in [-0.05, 0) is 57.2 Å². The molecule has 2 aromatic heterocycles. The summed E-state index contributed by atoms with van der Waals surface area (Å²) in [5.74, 6) is 1.17. The number of nitrogens with zero attached hydrogens (tertiary/aromatic N) is 4. The number of rotatable bonds is 3. The van der Waals surface area contributed by atoms with E-state index >= 15 is 0 Å². The molecule has 0 saturated carbocycles. The Labute approximate surface area is 186 Å². The van der Waals surface area contributed by atoms with Gasteiger partial charge in [-0.2, -0.15) is 0 Å². The van der Waals surface area contributed by atoms with Crippen LogP contribution in [0.1, 0.15) is 44.7 Å². The Hall–Kier alpha value is -2.19.